The van der Waals surface area contributed by atoms with Gasteiger partial charge in [0, 0.05) is 15.7 Å². The summed E-state index contributed by atoms with van der Waals surface area (Å²) in [5, 5.41) is 0.295. The van der Waals surface area contributed by atoms with Crippen LogP contribution in [0.4, 0.5) is 0 Å². The van der Waals surface area contributed by atoms with E-state index >= 15 is 0 Å². The summed E-state index contributed by atoms with van der Waals surface area (Å²) in [4.78, 5) is 0. The van der Waals surface area contributed by atoms with E-state index in [9.17, 15) is 0 Å². The van der Waals surface area contributed by atoms with Crippen molar-refractivity contribution >= 4 is 37.9 Å². The Labute approximate surface area is 67.7 Å². The minimum Gasteiger partial charge on any atom is -0.178 e. The van der Waals surface area contributed by atoms with Crippen molar-refractivity contribution in [2.75, 3.05) is 5.75 Å². The SMILES string of the molecule is CC(S)C(C)(S)CS. The van der Waals surface area contributed by atoms with Gasteiger partial charge in [-0.25, -0.2) is 0 Å². The summed E-state index contributed by atoms with van der Waals surface area (Å²) in [6.07, 6.45) is 0. The molecular formula is C5H12S3. The first kappa shape index (κ1) is 9.05. The highest BCUT2D eigenvalue weighted by Gasteiger charge is 2.21. The lowest BCUT2D eigenvalue weighted by Crippen LogP contribution is -2.28. The second-order valence-corrected chi connectivity index (χ2v) is 4.30. The fraction of sp³-hybridized carbons (Fsp3) is 1.00. The van der Waals surface area contributed by atoms with Crippen LogP contribution in [0.15, 0.2) is 0 Å². The van der Waals surface area contributed by atoms with Crippen LogP contribution in [0.5, 0.6) is 0 Å². The second-order valence-electron chi connectivity index (χ2n) is 2.19. The van der Waals surface area contributed by atoms with Crippen molar-refractivity contribution in [1.29, 1.82) is 0 Å². The van der Waals surface area contributed by atoms with Gasteiger partial charge in [-0.05, 0) is 6.92 Å². The van der Waals surface area contributed by atoms with Gasteiger partial charge >= 0.3 is 0 Å². The van der Waals surface area contributed by atoms with Gasteiger partial charge in [-0.2, -0.15) is 37.9 Å². The van der Waals surface area contributed by atoms with Crippen LogP contribution in [0, 0.1) is 0 Å². The van der Waals surface area contributed by atoms with Crippen LogP contribution >= 0.6 is 37.9 Å². The smallest absolute Gasteiger partial charge is 0.0302 e. The monoisotopic (exact) mass is 168 g/mol. The van der Waals surface area contributed by atoms with E-state index < -0.39 is 0 Å². The molecule has 0 aromatic heterocycles. The first-order valence-electron chi connectivity index (χ1n) is 2.52. The topological polar surface area (TPSA) is 0 Å². The van der Waals surface area contributed by atoms with E-state index in [2.05, 4.69) is 37.9 Å². The summed E-state index contributed by atoms with van der Waals surface area (Å²) in [5.41, 5.74) is 0. The largest absolute Gasteiger partial charge is 0.178 e. The molecule has 0 spiro atoms. The molecule has 0 heterocycles. The fourth-order valence-corrected chi connectivity index (χ4v) is 0.641. The molecule has 50 valence electrons. The van der Waals surface area contributed by atoms with Crippen molar-refractivity contribution in [1.82, 2.24) is 0 Å². The third-order valence-electron chi connectivity index (χ3n) is 1.22. The van der Waals surface area contributed by atoms with E-state index in [0.29, 0.717) is 5.25 Å². The van der Waals surface area contributed by atoms with E-state index in [1.807, 2.05) is 13.8 Å². The van der Waals surface area contributed by atoms with Crippen molar-refractivity contribution in [3.8, 4) is 0 Å². The molecule has 0 aliphatic rings. The van der Waals surface area contributed by atoms with E-state index in [1.165, 1.54) is 0 Å². The van der Waals surface area contributed by atoms with Crippen molar-refractivity contribution in [3.63, 3.8) is 0 Å². The molecule has 0 amide bonds. The van der Waals surface area contributed by atoms with Crippen LogP contribution in [0.25, 0.3) is 0 Å². The summed E-state index contributed by atoms with van der Waals surface area (Å²) in [5.74, 6) is 0.765. The Morgan fingerprint density at radius 1 is 1.62 bits per heavy atom. The third-order valence-corrected chi connectivity index (χ3v) is 3.45. The molecular weight excluding hydrogens is 156 g/mol. The zero-order chi connectivity index (χ0) is 6.78. The van der Waals surface area contributed by atoms with Crippen molar-refractivity contribution in [3.05, 3.63) is 0 Å². The maximum absolute atomic E-state index is 4.33. The quantitative estimate of drug-likeness (QED) is 0.516. The standard InChI is InChI=1S/C5H12S3/c1-4(7)5(2,8)3-6/h4,6-8H,3H2,1-2H3. The third kappa shape index (κ3) is 2.55. The average Bonchev–Trinajstić information content (AvgIpc) is 1.67. The number of hydrogen-bond acceptors (Lipinski definition) is 3. The molecule has 0 aromatic rings. The Balaban J connectivity index is 3.71. The Morgan fingerprint density at radius 3 is 2.00 bits per heavy atom. The molecule has 2 unspecified atom stereocenters. The summed E-state index contributed by atoms with van der Waals surface area (Å²) >= 11 is 12.7. The van der Waals surface area contributed by atoms with Gasteiger partial charge < -0.3 is 0 Å². The summed E-state index contributed by atoms with van der Waals surface area (Å²) in [6.45, 7) is 4.05. The van der Waals surface area contributed by atoms with Crippen LogP contribution in [-0.4, -0.2) is 15.7 Å². The maximum Gasteiger partial charge on any atom is 0.0302 e. The lowest BCUT2D eigenvalue weighted by molar-refractivity contribution is 0.725. The summed E-state index contributed by atoms with van der Waals surface area (Å²) < 4.78 is -0.0355. The van der Waals surface area contributed by atoms with Gasteiger partial charge in [0.2, 0.25) is 0 Å². The molecule has 0 radical (unpaired) electrons. The van der Waals surface area contributed by atoms with Crippen molar-refractivity contribution in [2.24, 2.45) is 0 Å². The molecule has 0 nitrogen and oxygen atoms in total. The first-order chi connectivity index (χ1) is 3.50. The number of rotatable bonds is 2. The maximum atomic E-state index is 4.33. The molecule has 8 heavy (non-hydrogen) atoms. The molecule has 0 N–H and O–H groups in total. The van der Waals surface area contributed by atoms with Crippen molar-refractivity contribution < 1.29 is 0 Å². The Bertz CT molecular complexity index is 68.1. The highest BCUT2D eigenvalue weighted by molar-refractivity contribution is 7.87. The van der Waals surface area contributed by atoms with Crippen LogP contribution < -0.4 is 0 Å². The summed E-state index contributed by atoms with van der Waals surface area (Å²) in [6, 6.07) is 0. The first-order valence-corrected chi connectivity index (χ1v) is 4.11. The van der Waals surface area contributed by atoms with Gasteiger partial charge in [-0.15, -0.1) is 0 Å². The number of thiol groups is 3. The molecule has 0 saturated carbocycles. The average molecular weight is 168 g/mol. The normalized spacial score (nSPS) is 22.1. The van der Waals surface area contributed by atoms with E-state index in [0.717, 1.165) is 5.75 Å². The van der Waals surface area contributed by atoms with Gasteiger partial charge in [0.05, 0.1) is 0 Å². The minimum atomic E-state index is -0.0355. The van der Waals surface area contributed by atoms with Crippen LogP contribution in [-0.2, 0) is 0 Å². The van der Waals surface area contributed by atoms with E-state index in [1.54, 1.807) is 0 Å². The van der Waals surface area contributed by atoms with Crippen LogP contribution in [0.2, 0.25) is 0 Å². The van der Waals surface area contributed by atoms with Gasteiger partial charge in [-0.1, -0.05) is 6.92 Å². The molecule has 2 atom stereocenters. The molecule has 0 aliphatic heterocycles. The van der Waals surface area contributed by atoms with E-state index in [4.69, 9.17) is 0 Å². The van der Waals surface area contributed by atoms with Gasteiger partial charge in [-0.3, -0.25) is 0 Å². The molecule has 0 aliphatic carbocycles. The predicted molar refractivity (Wildman–Crippen MR) is 49.7 cm³/mol. The number of hydrogen-bond donors (Lipinski definition) is 3. The zero-order valence-electron chi connectivity index (χ0n) is 5.13. The van der Waals surface area contributed by atoms with Gasteiger partial charge in [0.25, 0.3) is 0 Å². The molecule has 0 saturated heterocycles. The highest BCUT2D eigenvalue weighted by Crippen LogP contribution is 2.23. The minimum absolute atomic E-state index is 0.0355. The Kier molecular flexibility index (Phi) is 3.71. The summed E-state index contributed by atoms with van der Waals surface area (Å²) in [7, 11) is 0. The van der Waals surface area contributed by atoms with E-state index in [-0.39, 0.29) is 4.75 Å². The Hall–Kier alpha value is 1.05. The Morgan fingerprint density at radius 2 is 2.00 bits per heavy atom. The second kappa shape index (κ2) is 3.28. The molecule has 0 aromatic carbocycles. The fourth-order valence-electron chi connectivity index (χ4n) is 0.132. The van der Waals surface area contributed by atoms with Gasteiger partial charge in [0.1, 0.15) is 0 Å². The molecule has 3 heteroatoms. The molecule has 0 fully saturated rings. The van der Waals surface area contributed by atoms with Crippen LogP contribution in [0.1, 0.15) is 13.8 Å². The molecule has 0 bridgehead atoms. The lowest BCUT2D eigenvalue weighted by Gasteiger charge is -2.24. The zero-order valence-corrected chi connectivity index (χ0v) is 7.81. The van der Waals surface area contributed by atoms with Gasteiger partial charge in [0.15, 0.2) is 0 Å². The lowest BCUT2D eigenvalue weighted by atomic mass is 10.1. The van der Waals surface area contributed by atoms with Crippen molar-refractivity contribution in [2.45, 2.75) is 23.8 Å². The molecule has 0 rings (SSSR count). The van der Waals surface area contributed by atoms with Crippen LogP contribution in [0.3, 0.4) is 0 Å². The highest BCUT2D eigenvalue weighted by atomic mass is 32.1. The predicted octanol–water partition coefficient (Wildman–Crippen LogP) is 1.92.